The van der Waals surface area contributed by atoms with E-state index in [1.165, 1.54) is 0 Å². The van der Waals surface area contributed by atoms with Gasteiger partial charge in [-0.05, 0) is 37.6 Å². The first-order valence-electron chi connectivity index (χ1n) is 6.84. The Morgan fingerprint density at radius 1 is 1.42 bits per heavy atom. The van der Waals surface area contributed by atoms with Crippen LogP contribution in [-0.2, 0) is 17.9 Å². The van der Waals surface area contributed by atoms with Crippen LogP contribution in [-0.4, -0.2) is 36.1 Å². The lowest BCUT2D eigenvalue weighted by Gasteiger charge is -2.28. The van der Waals surface area contributed by atoms with E-state index < -0.39 is 0 Å². The maximum Gasteiger partial charge on any atom is 0.224 e. The number of hydrogen-bond acceptors (Lipinski definition) is 3. The van der Waals surface area contributed by atoms with Crippen LogP contribution in [0.25, 0.3) is 0 Å². The lowest BCUT2D eigenvalue weighted by Crippen LogP contribution is -2.41. The van der Waals surface area contributed by atoms with E-state index in [0.29, 0.717) is 6.54 Å². The number of hydrogen-bond donors (Lipinski definition) is 2. The summed E-state index contributed by atoms with van der Waals surface area (Å²) in [5.41, 5.74) is 1.87. The van der Waals surface area contributed by atoms with Crippen molar-refractivity contribution in [1.29, 1.82) is 0 Å². The third kappa shape index (κ3) is 3.78. The number of rotatable bonds is 4. The first-order valence-corrected chi connectivity index (χ1v) is 6.84. The van der Waals surface area contributed by atoms with Crippen molar-refractivity contribution in [3.05, 3.63) is 35.4 Å². The summed E-state index contributed by atoms with van der Waals surface area (Å²) in [6, 6.07) is 7.65. The van der Waals surface area contributed by atoms with E-state index in [4.69, 9.17) is 0 Å². The molecule has 1 aliphatic heterocycles. The number of likely N-dealkylation sites (tertiary alicyclic amines) is 1. The van der Waals surface area contributed by atoms with Gasteiger partial charge in [0.2, 0.25) is 5.91 Å². The van der Waals surface area contributed by atoms with Crippen LogP contribution in [0.5, 0.6) is 0 Å². The first kappa shape index (κ1) is 14.0. The van der Waals surface area contributed by atoms with Crippen molar-refractivity contribution in [2.75, 3.05) is 20.1 Å². The SMILES string of the molecule is CN1CCCC(C(=O)NCc2ccccc2CO)C1. The Balaban J connectivity index is 1.89. The van der Waals surface area contributed by atoms with Crippen molar-refractivity contribution >= 4 is 5.91 Å². The molecule has 0 spiro atoms. The molecule has 0 saturated carbocycles. The van der Waals surface area contributed by atoms with Gasteiger partial charge in [0.05, 0.1) is 12.5 Å². The number of carbonyl (C=O) groups is 1. The Kier molecular flexibility index (Phi) is 4.93. The minimum Gasteiger partial charge on any atom is -0.392 e. The smallest absolute Gasteiger partial charge is 0.224 e. The second kappa shape index (κ2) is 6.68. The number of amides is 1. The van der Waals surface area contributed by atoms with Crippen molar-refractivity contribution in [1.82, 2.24) is 10.2 Å². The average Bonchev–Trinajstić information content (AvgIpc) is 2.45. The van der Waals surface area contributed by atoms with Gasteiger partial charge in [-0.25, -0.2) is 0 Å². The predicted molar refractivity (Wildman–Crippen MR) is 74.4 cm³/mol. The van der Waals surface area contributed by atoms with Gasteiger partial charge in [0.15, 0.2) is 0 Å². The summed E-state index contributed by atoms with van der Waals surface area (Å²) in [5, 5.41) is 12.2. The molecular weight excluding hydrogens is 240 g/mol. The summed E-state index contributed by atoms with van der Waals surface area (Å²) in [4.78, 5) is 14.3. The molecule has 1 unspecified atom stereocenters. The zero-order valence-electron chi connectivity index (χ0n) is 11.4. The van der Waals surface area contributed by atoms with E-state index in [0.717, 1.165) is 37.1 Å². The number of piperidine rings is 1. The highest BCUT2D eigenvalue weighted by molar-refractivity contribution is 5.79. The van der Waals surface area contributed by atoms with Crippen LogP contribution < -0.4 is 5.32 Å². The number of nitrogens with zero attached hydrogens (tertiary/aromatic N) is 1. The minimum atomic E-state index is 0.0121. The summed E-state index contributed by atoms with van der Waals surface area (Å²) in [6.07, 6.45) is 2.06. The Labute approximate surface area is 114 Å². The number of carbonyl (C=O) groups excluding carboxylic acids is 1. The molecule has 1 aromatic carbocycles. The van der Waals surface area contributed by atoms with Gasteiger partial charge in [-0.15, -0.1) is 0 Å². The van der Waals surface area contributed by atoms with Gasteiger partial charge in [-0.2, -0.15) is 0 Å². The molecule has 0 aromatic heterocycles. The molecule has 1 amide bonds. The summed E-state index contributed by atoms with van der Waals surface area (Å²) in [5.74, 6) is 0.222. The second-order valence-electron chi connectivity index (χ2n) is 5.25. The molecule has 19 heavy (non-hydrogen) atoms. The van der Waals surface area contributed by atoms with E-state index in [-0.39, 0.29) is 18.4 Å². The highest BCUT2D eigenvalue weighted by Crippen LogP contribution is 2.15. The van der Waals surface area contributed by atoms with Crippen LogP contribution in [0.3, 0.4) is 0 Å². The maximum atomic E-state index is 12.1. The van der Waals surface area contributed by atoms with Crippen LogP contribution in [0.1, 0.15) is 24.0 Å². The van der Waals surface area contributed by atoms with Crippen molar-refractivity contribution in [3.63, 3.8) is 0 Å². The van der Waals surface area contributed by atoms with E-state index in [2.05, 4.69) is 17.3 Å². The van der Waals surface area contributed by atoms with Gasteiger partial charge in [-0.3, -0.25) is 4.79 Å². The van der Waals surface area contributed by atoms with E-state index in [9.17, 15) is 9.90 Å². The Morgan fingerprint density at radius 2 is 2.16 bits per heavy atom. The van der Waals surface area contributed by atoms with E-state index >= 15 is 0 Å². The molecule has 0 radical (unpaired) electrons. The number of nitrogens with one attached hydrogen (secondary N) is 1. The molecule has 2 rings (SSSR count). The highest BCUT2D eigenvalue weighted by atomic mass is 16.3. The minimum absolute atomic E-state index is 0.0121. The second-order valence-corrected chi connectivity index (χ2v) is 5.25. The molecule has 4 heteroatoms. The summed E-state index contributed by atoms with van der Waals surface area (Å²) >= 11 is 0. The molecule has 1 atom stereocenters. The molecule has 104 valence electrons. The van der Waals surface area contributed by atoms with Crippen LogP contribution >= 0.6 is 0 Å². The zero-order valence-corrected chi connectivity index (χ0v) is 11.4. The summed E-state index contributed by atoms with van der Waals surface area (Å²) in [7, 11) is 2.06. The van der Waals surface area contributed by atoms with Gasteiger partial charge in [0.1, 0.15) is 0 Å². The fourth-order valence-corrected chi connectivity index (χ4v) is 2.59. The fourth-order valence-electron chi connectivity index (χ4n) is 2.59. The molecule has 1 aromatic rings. The van der Waals surface area contributed by atoms with Crippen LogP contribution in [0.2, 0.25) is 0 Å². The van der Waals surface area contributed by atoms with Gasteiger partial charge >= 0.3 is 0 Å². The topological polar surface area (TPSA) is 52.6 Å². The molecule has 2 N–H and O–H groups in total. The quantitative estimate of drug-likeness (QED) is 0.855. The van der Waals surface area contributed by atoms with Crippen molar-refractivity contribution in [3.8, 4) is 0 Å². The predicted octanol–water partition coefficient (Wildman–Crippen LogP) is 1.14. The lowest BCUT2D eigenvalue weighted by atomic mass is 9.97. The third-order valence-corrected chi connectivity index (χ3v) is 3.74. The Bertz CT molecular complexity index is 434. The molecular formula is C15H22N2O2. The van der Waals surface area contributed by atoms with E-state index in [1.54, 1.807) is 0 Å². The molecule has 1 aliphatic rings. The van der Waals surface area contributed by atoms with Crippen molar-refractivity contribution in [2.45, 2.75) is 26.0 Å². The van der Waals surface area contributed by atoms with Crippen LogP contribution in [0.4, 0.5) is 0 Å². The molecule has 0 aliphatic carbocycles. The van der Waals surface area contributed by atoms with Crippen LogP contribution in [0, 0.1) is 5.92 Å². The van der Waals surface area contributed by atoms with Gasteiger partial charge in [0.25, 0.3) is 0 Å². The Hall–Kier alpha value is -1.39. The maximum absolute atomic E-state index is 12.1. The number of aliphatic hydroxyl groups excluding tert-OH is 1. The largest absolute Gasteiger partial charge is 0.392 e. The van der Waals surface area contributed by atoms with Crippen molar-refractivity contribution in [2.24, 2.45) is 5.92 Å². The number of aliphatic hydroxyl groups is 1. The highest BCUT2D eigenvalue weighted by Gasteiger charge is 2.23. The van der Waals surface area contributed by atoms with E-state index in [1.807, 2.05) is 24.3 Å². The standard InChI is InChI=1S/C15H22N2O2/c1-17-8-4-7-13(10-17)15(19)16-9-12-5-2-3-6-14(12)11-18/h2-3,5-6,13,18H,4,7-11H2,1H3,(H,16,19). The normalized spacial score (nSPS) is 20.2. The van der Waals surface area contributed by atoms with Gasteiger partial charge < -0.3 is 15.3 Å². The molecule has 0 bridgehead atoms. The lowest BCUT2D eigenvalue weighted by molar-refractivity contribution is -0.126. The summed E-state index contributed by atoms with van der Waals surface area (Å²) < 4.78 is 0. The number of benzene rings is 1. The van der Waals surface area contributed by atoms with Crippen molar-refractivity contribution < 1.29 is 9.90 Å². The Morgan fingerprint density at radius 3 is 2.84 bits per heavy atom. The van der Waals surface area contributed by atoms with Gasteiger partial charge in [0, 0.05) is 13.1 Å². The first-order chi connectivity index (χ1) is 9.20. The van der Waals surface area contributed by atoms with Gasteiger partial charge in [-0.1, -0.05) is 24.3 Å². The third-order valence-electron chi connectivity index (χ3n) is 3.74. The molecule has 1 fully saturated rings. The fraction of sp³-hybridized carbons (Fsp3) is 0.533. The average molecular weight is 262 g/mol. The zero-order chi connectivity index (χ0) is 13.7. The monoisotopic (exact) mass is 262 g/mol. The summed E-state index contributed by atoms with van der Waals surface area (Å²) in [6.45, 7) is 2.43. The van der Waals surface area contributed by atoms with Crippen LogP contribution in [0.15, 0.2) is 24.3 Å². The molecule has 4 nitrogen and oxygen atoms in total. The molecule has 1 saturated heterocycles. The molecule has 1 heterocycles.